The Morgan fingerprint density at radius 3 is 2.17 bits per heavy atom. The third kappa shape index (κ3) is 2.68. The van der Waals surface area contributed by atoms with Crippen LogP contribution in [0.3, 0.4) is 0 Å². The van der Waals surface area contributed by atoms with Crippen molar-refractivity contribution < 1.29 is 13.0 Å². The molecule has 0 amide bonds. The zero-order valence-electron chi connectivity index (χ0n) is 14.4. The molecule has 134 valence electrons. The molecule has 2 bridgehead atoms. The van der Waals surface area contributed by atoms with Crippen LogP contribution >= 0.6 is 0 Å². The van der Waals surface area contributed by atoms with Crippen LogP contribution in [0.2, 0.25) is 0 Å². The lowest BCUT2D eigenvalue weighted by atomic mass is 9.93. The molecule has 3 atom stereocenters. The summed E-state index contributed by atoms with van der Waals surface area (Å²) in [7, 11) is -3.60. The lowest BCUT2D eigenvalue weighted by Crippen LogP contribution is -2.53. The Morgan fingerprint density at radius 1 is 1.00 bits per heavy atom. The number of hydrogen-bond donors (Lipinski definition) is 0. The standard InChI is InChI=1S/C16H26N4O3S/c1-11-5-7-19(8-6-11)15-9-13-3-4-14(10-15)20(13)24(21,22)16-12(2)17-23-18-16/h11,13-15H,3-10H2,1-2H3/t13-,14+,15?. The van der Waals surface area contributed by atoms with Crippen LogP contribution in [0.15, 0.2) is 9.65 Å². The summed E-state index contributed by atoms with van der Waals surface area (Å²) in [4.78, 5) is 2.60. The van der Waals surface area contributed by atoms with Crippen LogP contribution < -0.4 is 0 Å². The van der Waals surface area contributed by atoms with Crippen LogP contribution in [0.5, 0.6) is 0 Å². The molecule has 3 aliphatic heterocycles. The molecule has 0 saturated carbocycles. The molecular weight excluding hydrogens is 328 g/mol. The smallest absolute Gasteiger partial charge is 0.266 e. The molecule has 24 heavy (non-hydrogen) atoms. The van der Waals surface area contributed by atoms with E-state index in [0.29, 0.717) is 11.7 Å². The quantitative estimate of drug-likeness (QED) is 0.823. The molecule has 3 saturated heterocycles. The number of sulfonamides is 1. The van der Waals surface area contributed by atoms with E-state index in [1.807, 2.05) is 0 Å². The van der Waals surface area contributed by atoms with Gasteiger partial charge in [0.1, 0.15) is 5.69 Å². The van der Waals surface area contributed by atoms with E-state index in [9.17, 15) is 8.42 Å². The second-order valence-electron chi connectivity index (χ2n) is 7.72. The van der Waals surface area contributed by atoms with Crippen molar-refractivity contribution in [2.75, 3.05) is 13.1 Å². The number of aryl methyl sites for hydroxylation is 1. The molecule has 1 unspecified atom stereocenters. The van der Waals surface area contributed by atoms with Gasteiger partial charge in [-0.3, -0.25) is 0 Å². The van der Waals surface area contributed by atoms with Gasteiger partial charge < -0.3 is 4.90 Å². The first-order valence-electron chi connectivity index (χ1n) is 9.03. The van der Waals surface area contributed by atoms with Crippen molar-refractivity contribution in [3.63, 3.8) is 0 Å². The first-order valence-corrected chi connectivity index (χ1v) is 10.5. The molecule has 0 N–H and O–H groups in total. The number of piperidine rings is 2. The summed E-state index contributed by atoms with van der Waals surface area (Å²) >= 11 is 0. The molecule has 3 fully saturated rings. The Hall–Kier alpha value is -0.990. The number of rotatable bonds is 3. The normalized spacial score (nSPS) is 33.2. The predicted molar refractivity (Wildman–Crippen MR) is 87.9 cm³/mol. The van der Waals surface area contributed by atoms with E-state index in [1.54, 1.807) is 11.2 Å². The largest absolute Gasteiger partial charge is 0.300 e. The SMILES string of the molecule is Cc1nonc1S(=O)(=O)N1[C@@H]2CC[C@H]1CC(N1CCC(C)CC1)C2. The van der Waals surface area contributed by atoms with Gasteiger partial charge in [0.25, 0.3) is 10.0 Å². The fraction of sp³-hybridized carbons (Fsp3) is 0.875. The van der Waals surface area contributed by atoms with E-state index in [1.165, 1.54) is 12.8 Å². The number of nitrogens with zero attached hydrogens (tertiary/aromatic N) is 4. The monoisotopic (exact) mass is 354 g/mol. The molecule has 1 aromatic rings. The van der Waals surface area contributed by atoms with E-state index >= 15 is 0 Å². The van der Waals surface area contributed by atoms with E-state index in [-0.39, 0.29) is 17.1 Å². The average molecular weight is 354 g/mol. The van der Waals surface area contributed by atoms with Crippen LogP contribution in [-0.2, 0) is 10.0 Å². The minimum Gasteiger partial charge on any atom is -0.300 e. The molecule has 0 spiro atoms. The Balaban J connectivity index is 1.52. The first kappa shape index (κ1) is 16.5. The molecule has 1 aromatic heterocycles. The first-order chi connectivity index (χ1) is 11.5. The topological polar surface area (TPSA) is 79.5 Å². The Labute approximate surface area is 143 Å². The number of likely N-dealkylation sites (tertiary alicyclic amines) is 1. The highest BCUT2D eigenvalue weighted by atomic mass is 32.2. The predicted octanol–water partition coefficient (Wildman–Crippen LogP) is 1.79. The summed E-state index contributed by atoms with van der Waals surface area (Å²) < 4.78 is 32.3. The van der Waals surface area contributed by atoms with Gasteiger partial charge in [0.2, 0.25) is 5.03 Å². The third-order valence-electron chi connectivity index (χ3n) is 6.11. The molecule has 7 nitrogen and oxygen atoms in total. The Morgan fingerprint density at radius 2 is 1.62 bits per heavy atom. The van der Waals surface area contributed by atoms with Crippen molar-refractivity contribution >= 4 is 10.0 Å². The maximum atomic E-state index is 13.0. The van der Waals surface area contributed by atoms with E-state index in [2.05, 4.69) is 26.8 Å². The van der Waals surface area contributed by atoms with Crippen molar-refractivity contribution in [3.8, 4) is 0 Å². The van der Waals surface area contributed by atoms with Crippen LogP contribution in [0.4, 0.5) is 0 Å². The highest BCUT2D eigenvalue weighted by Gasteiger charge is 2.49. The van der Waals surface area contributed by atoms with Gasteiger partial charge in [0.15, 0.2) is 0 Å². The second-order valence-corrected chi connectivity index (χ2v) is 9.48. The van der Waals surface area contributed by atoms with Gasteiger partial charge in [-0.25, -0.2) is 13.0 Å². The fourth-order valence-electron chi connectivity index (χ4n) is 4.75. The third-order valence-corrected chi connectivity index (χ3v) is 8.12. The highest BCUT2D eigenvalue weighted by molar-refractivity contribution is 7.89. The summed E-state index contributed by atoms with van der Waals surface area (Å²) in [6.45, 7) is 6.27. The van der Waals surface area contributed by atoms with Crippen LogP contribution in [0.25, 0.3) is 0 Å². The minimum absolute atomic E-state index is 0.00959. The Bertz CT molecular complexity index is 682. The van der Waals surface area contributed by atoms with Gasteiger partial charge >= 0.3 is 0 Å². The van der Waals surface area contributed by atoms with Crippen molar-refractivity contribution in [3.05, 3.63) is 5.69 Å². The molecular formula is C16H26N4O3S. The Kier molecular flexibility index (Phi) is 4.17. The van der Waals surface area contributed by atoms with Gasteiger partial charge in [0, 0.05) is 18.1 Å². The molecule has 0 aromatic carbocycles. The number of aromatic nitrogens is 2. The summed E-state index contributed by atoms with van der Waals surface area (Å²) in [6.07, 6.45) is 6.31. The van der Waals surface area contributed by atoms with Crippen LogP contribution in [0.1, 0.15) is 51.1 Å². The summed E-state index contributed by atoms with van der Waals surface area (Å²) in [5.74, 6) is 0.820. The zero-order chi connectivity index (χ0) is 16.9. The average Bonchev–Trinajstić information content (AvgIpc) is 3.10. The molecule has 3 aliphatic rings. The fourth-order valence-corrected chi connectivity index (χ4v) is 6.65. The maximum absolute atomic E-state index is 13.0. The molecule has 0 aliphatic carbocycles. The lowest BCUT2D eigenvalue weighted by molar-refractivity contribution is 0.0757. The maximum Gasteiger partial charge on any atom is 0.266 e. The van der Waals surface area contributed by atoms with Crippen molar-refractivity contribution in [2.24, 2.45) is 5.92 Å². The van der Waals surface area contributed by atoms with Gasteiger partial charge in [-0.05, 0) is 69.6 Å². The molecule has 4 rings (SSSR count). The van der Waals surface area contributed by atoms with Gasteiger partial charge in [-0.2, -0.15) is 4.31 Å². The summed E-state index contributed by atoms with van der Waals surface area (Å²) in [5.41, 5.74) is 0.349. The van der Waals surface area contributed by atoms with Crippen molar-refractivity contribution in [1.29, 1.82) is 0 Å². The lowest BCUT2D eigenvalue weighted by Gasteiger charge is -2.44. The number of hydrogen-bond acceptors (Lipinski definition) is 6. The summed E-state index contributed by atoms with van der Waals surface area (Å²) in [6, 6.07) is 0.710. The van der Waals surface area contributed by atoms with Crippen LogP contribution in [-0.4, -0.2) is 59.2 Å². The molecule has 0 radical (unpaired) electrons. The van der Waals surface area contributed by atoms with Crippen molar-refractivity contribution in [2.45, 2.75) is 75.5 Å². The van der Waals surface area contributed by atoms with Gasteiger partial charge in [-0.15, -0.1) is 0 Å². The molecule has 4 heterocycles. The molecule has 8 heteroatoms. The van der Waals surface area contributed by atoms with E-state index < -0.39 is 10.0 Å². The van der Waals surface area contributed by atoms with E-state index in [0.717, 1.165) is 44.7 Å². The number of fused-ring (bicyclic) bond motifs is 2. The summed E-state index contributed by atoms with van der Waals surface area (Å²) in [5, 5.41) is 7.28. The zero-order valence-corrected chi connectivity index (χ0v) is 15.2. The van der Waals surface area contributed by atoms with Gasteiger partial charge in [0.05, 0.1) is 0 Å². The van der Waals surface area contributed by atoms with Crippen LogP contribution in [0, 0.1) is 12.8 Å². The van der Waals surface area contributed by atoms with E-state index in [4.69, 9.17) is 0 Å². The minimum atomic E-state index is -3.60. The van der Waals surface area contributed by atoms with Crippen molar-refractivity contribution in [1.82, 2.24) is 19.5 Å². The highest BCUT2D eigenvalue weighted by Crippen LogP contribution is 2.41. The van der Waals surface area contributed by atoms with Gasteiger partial charge in [-0.1, -0.05) is 12.1 Å². The second kappa shape index (κ2) is 6.07.